The molecule has 9 heteroatoms. The topological polar surface area (TPSA) is 136 Å². The van der Waals surface area contributed by atoms with Crippen molar-refractivity contribution < 1.29 is 34.4 Å². The molecule has 0 radical (unpaired) electrons. The van der Waals surface area contributed by atoms with Gasteiger partial charge in [0.2, 0.25) is 0 Å². The van der Waals surface area contributed by atoms with Crippen molar-refractivity contribution in [1.82, 2.24) is 10.2 Å². The minimum atomic E-state index is -1.13. The molecule has 0 rings (SSSR count). The molecule has 0 spiro atoms. The predicted molar refractivity (Wildman–Crippen MR) is 76.4 cm³/mol. The number of carbonyl (C=O) groups is 3. The zero-order valence-corrected chi connectivity index (χ0v) is 12.4. The van der Waals surface area contributed by atoms with Crippen LogP contribution in [0.3, 0.4) is 0 Å². The first-order chi connectivity index (χ1) is 10.3. The molecule has 0 saturated carbocycles. The fraction of sp³-hybridized carbons (Fsp3) is 0.615. The lowest BCUT2D eigenvalue weighted by Crippen LogP contribution is -2.44. The zero-order chi connectivity index (χ0) is 17.1. The normalized spacial score (nSPS) is 12.0. The molecule has 1 atom stereocenters. The summed E-state index contributed by atoms with van der Waals surface area (Å²) in [5.74, 6) is -2.83. The second-order valence-corrected chi connectivity index (χ2v) is 4.71. The van der Waals surface area contributed by atoms with Crippen molar-refractivity contribution in [1.29, 1.82) is 0 Å². The van der Waals surface area contributed by atoms with Gasteiger partial charge >= 0.3 is 17.9 Å². The Labute approximate surface area is 128 Å². The van der Waals surface area contributed by atoms with E-state index < -0.39 is 37.0 Å². The van der Waals surface area contributed by atoms with Gasteiger partial charge in [-0.15, -0.1) is 0 Å². The van der Waals surface area contributed by atoms with Crippen LogP contribution < -0.4 is 5.32 Å². The fourth-order valence-electron chi connectivity index (χ4n) is 1.50. The monoisotopic (exact) mass is 318 g/mol. The molecule has 0 aliphatic heterocycles. The molecule has 0 aliphatic carbocycles. The zero-order valence-electron chi connectivity index (χ0n) is 12.4. The number of aliphatic hydroxyl groups excluding tert-OH is 1. The van der Waals surface area contributed by atoms with E-state index in [0.29, 0.717) is 0 Å². The van der Waals surface area contributed by atoms with Gasteiger partial charge in [-0.25, -0.2) is 4.79 Å². The van der Waals surface area contributed by atoms with Gasteiger partial charge in [0.1, 0.15) is 6.61 Å². The smallest absolute Gasteiger partial charge is 0.333 e. The highest BCUT2D eigenvalue weighted by Crippen LogP contribution is 1.94. The van der Waals surface area contributed by atoms with E-state index in [0.717, 1.165) is 0 Å². The van der Waals surface area contributed by atoms with E-state index in [4.69, 9.17) is 20.1 Å². The van der Waals surface area contributed by atoms with Crippen LogP contribution in [-0.4, -0.2) is 83.6 Å². The van der Waals surface area contributed by atoms with Crippen LogP contribution in [0.1, 0.15) is 6.92 Å². The maximum Gasteiger partial charge on any atom is 0.333 e. The molecule has 0 amide bonds. The van der Waals surface area contributed by atoms with Crippen LogP contribution in [0.5, 0.6) is 0 Å². The highest BCUT2D eigenvalue weighted by molar-refractivity contribution is 5.86. The molecule has 0 heterocycles. The Morgan fingerprint density at radius 2 is 1.77 bits per heavy atom. The van der Waals surface area contributed by atoms with Gasteiger partial charge in [0.15, 0.2) is 0 Å². The summed E-state index contributed by atoms with van der Waals surface area (Å²) in [7, 11) is 0. The molecule has 0 bridgehead atoms. The predicted octanol–water partition coefficient (Wildman–Crippen LogP) is -1.47. The number of aliphatic carboxylic acids is 2. The molecular formula is C13H22N2O7. The van der Waals surface area contributed by atoms with Crippen molar-refractivity contribution in [2.75, 3.05) is 39.4 Å². The van der Waals surface area contributed by atoms with Crippen molar-refractivity contribution in [3.63, 3.8) is 0 Å². The van der Waals surface area contributed by atoms with E-state index in [9.17, 15) is 14.4 Å². The molecule has 126 valence electrons. The van der Waals surface area contributed by atoms with Gasteiger partial charge in [-0.2, -0.15) is 0 Å². The standard InChI is InChI=1S/C13H22N2O7/c1-9(2)13(21)22-8-10(7-16)14-3-4-15(5-11(17)18)6-12(19)20/h10,14,16H,1,3-8H2,2H3,(H,17,18)(H,19,20). The molecule has 0 aromatic carbocycles. The lowest BCUT2D eigenvalue weighted by Gasteiger charge is -2.21. The lowest BCUT2D eigenvalue weighted by molar-refractivity contribution is -0.142. The van der Waals surface area contributed by atoms with Gasteiger partial charge in [-0.3, -0.25) is 14.5 Å². The largest absolute Gasteiger partial charge is 0.480 e. The van der Waals surface area contributed by atoms with Crippen molar-refractivity contribution in [2.24, 2.45) is 0 Å². The number of nitrogens with zero attached hydrogens (tertiary/aromatic N) is 1. The van der Waals surface area contributed by atoms with Crippen molar-refractivity contribution >= 4 is 17.9 Å². The molecule has 0 aromatic heterocycles. The molecule has 0 saturated heterocycles. The summed E-state index contributed by atoms with van der Waals surface area (Å²) >= 11 is 0. The quantitative estimate of drug-likeness (QED) is 0.251. The van der Waals surface area contributed by atoms with Gasteiger partial charge in [0.25, 0.3) is 0 Å². The minimum absolute atomic E-state index is 0.0694. The highest BCUT2D eigenvalue weighted by atomic mass is 16.5. The number of esters is 1. The lowest BCUT2D eigenvalue weighted by atomic mass is 10.3. The number of ether oxygens (including phenoxy) is 1. The van der Waals surface area contributed by atoms with Gasteiger partial charge in [-0.1, -0.05) is 6.58 Å². The summed E-state index contributed by atoms with van der Waals surface area (Å²) in [4.78, 5) is 33.7. The van der Waals surface area contributed by atoms with Crippen molar-refractivity contribution in [3.8, 4) is 0 Å². The Morgan fingerprint density at radius 3 is 2.18 bits per heavy atom. The van der Waals surface area contributed by atoms with E-state index in [2.05, 4.69) is 11.9 Å². The number of hydrogen-bond donors (Lipinski definition) is 4. The van der Waals surface area contributed by atoms with Crippen molar-refractivity contribution in [3.05, 3.63) is 12.2 Å². The third kappa shape index (κ3) is 9.86. The molecule has 1 unspecified atom stereocenters. The van der Waals surface area contributed by atoms with Crippen LogP contribution in [0.4, 0.5) is 0 Å². The van der Waals surface area contributed by atoms with Gasteiger partial charge < -0.3 is 25.4 Å². The van der Waals surface area contributed by atoms with Crippen LogP contribution in [0, 0.1) is 0 Å². The van der Waals surface area contributed by atoms with E-state index in [1.165, 1.54) is 11.8 Å². The molecule has 0 aliphatic rings. The molecule has 0 aromatic rings. The van der Waals surface area contributed by atoms with E-state index in [-0.39, 0.29) is 31.9 Å². The number of nitrogens with one attached hydrogen (secondary N) is 1. The number of carboxylic acid groups (broad SMARTS) is 2. The van der Waals surface area contributed by atoms with Crippen molar-refractivity contribution in [2.45, 2.75) is 13.0 Å². The van der Waals surface area contributed by atoms with E-state index >= 15 is 0 Å². The average Bonchev–Trinajstić information content (AvgIpc) is 2.40. The number of hydrogen-bond acceptors (Lipinski definition) is 7. The van der Waals surface area contributed by atoms with E-state index in [1.807, 2.05) is 0 Å². The second-order valence-electron chi connectivity index (χ2n) is 4.71. The summed E-state index contributed by atoms with van der Waals surface area (Å²) in [5, 5.41) is 29.4. The Morgan fingerprint density at radius 1 is 1.23 bits per heavy atom. The molecular weight excluding hydrogens is 296 g/mol. The first kappa shape index (κ1) is 20.0. The summed E-state index contributed by atoms with van der Waals surface area (Å²) in [6, 6.07) is -0.528. The Hall–Kier alpha value is -1.97. The summed E-state index contributed by atoms with van der Waals surface area (Å²) in [5.41, 5.74) is 0.241. The van der Waals surface area contributed by atoms with Crippen LogP contribution in [0.2, 0.25) is 0 Å². The molecule has 4 N–H and O–H groups in total. The number of rotatable bonds is 12. The third-order valence-electron chi connectivity index (χ3n) is 2.56. The first-order valence-electron chi connectivity index (χ1n) is 6.59. The summed E-state index contributed by atoms with van der Waals surface area (Å²) in [6.07, 6.45) is 0. The number of carboxylic acids is 2. The fourth-order valence-corrected chi connectivity index (χ4v) is 1.50. The first-order valence-corrected chi connectivity index (χ1v) is 6.59. The maximum absolute atomic E-state index is 11.2. The van der Waals surface area contributed by atoms with Gasteiger partial charge in [-0.05, 0) is 6.92 Å². The van der Waals surface area contributed by atoms with Crippen LogP contribution in [0.15, 0.2) is 12.2 Å². The van der Waals surface area contributed by atoms with Gasteiger partial charge in [0, 0.05) is 18.7 Å². The second kappa shape index (κ2) is 10.7. The molecule has 9 nitrogen and oxygen atoms in total. The van der Waals surface area contributed by atoms with Crippen LogP contribution in [-0.2, 0) is 19.1 Å². The number of aliphatic hydroxyl groups is 1. The van der Waals surface area contributed by atoms with Crippen LogP contribution >= 0.6 is 0 Å². The Bertz CT molecular complexity index is 395. The highest BCUT2D eigenvalue weighted by Gasteiger charge is 2.15. The molecule has 22 heavy (non-hydrogen) atoms. The van der Waals surface area contributed by atoms with E-state index in [1.54, 1.807) is 0 Å². The van der Waals surface area contributed by atoms with Crippen LogP contribution in [0.25, 0.3) is 0 Å². The average molecular weight is 318 g/mol. The summed E-state index contributed by atoms with van der Waals surface area (Å²) in [6.45, 7) is 4.15. The maximum atomic E-state index is 11.2. The Kier molecular flexibility index (Phi) is 9.75. The minimum Gasteiger partial charge on any atom is -0.480 e. The SMILES string of the molecule is C=C(C)C(=O)OCC(CO)NCCN(CC(=O)O)CC(=O)O. The van der Waals surface area contributed by atoms with Gasteiger partial charge in [0.05, 0.1) is 25.7 Å². The molecule has 0 fully saturated rings. The number of carbonyl (C=O) groups excluding carboxylic acids is 1. The third-order valence-corrected chi connectivity index (χ3v) is 2.56. The summed E-state index contributed by atoms with van der Waals surface area (Å²) < 4.78 is 4.88. The Balaban J connectivity index is 4.18.